The quantitative estimate of drug-likeness (QED) is 0.866. The Labute approximate surface area is 103 Å². The van der Waals surface area contributed by atoms with Gasteiger partial charge in [-0.1, -0.05) is 13.8 Å². The van der Waals surface area contributed by atoms with Crippen LogP contribution in [0.1, 0.15) is 13.8 Å². The molecule has 0 aliphatic rings. The fraction of sp³-hybridized carbons (Fsp3) is 0.545. The molecule has 1 rings (SSSR count). The summed E-state index contributed by atoms with van der Waals surface area (Å²) in [7, 11) is -0.0938. The summed E-state index contributed by atoms with van der Waals surface area (Å²) >= 11 is 0. The van der Waals surface area contributed by atoms with Crippen molar-refractivity contribution in [2.75, 3.05) is 26.0 Å². The zero-order valence-electron chi connectivity index (χ0n) is 10.6. The van der Waals surface area contributed by atoms with Crippen LogP contribution in [-0.4, -0.2) is 38.3 Å². The zero-order chi connectivity index (χ0) is 13.1. The van der Waals surface area contributed by atoms with Gasteiger partial charge in [-0.2, -0.15) is 0 Å². The van der Waals surface area contributed by atoms with Gasteiger partial charge in [0.15, 0.2) is 0 Å². The van der Waals surface area contributed by atoms with E-state index in [9.17, 15) is 8.42 Å². The van der Waals surface area contributed by atoms with Crippen LogP contribution < -0.4 is 5.32 Å². The van der Waals surface area contributed by atoms with Crippen LogP contribution in [0, 0.1) is 5.92 Å². The van der Waals surface area contributed by atoms with E-state index in [4.69, 9.17) is 0 Å². The fourth-order valence-corrected chi connectivity index (χ4v) is 2.75. The molecule has 5 nitrogen and oxygen atoms in total. The average Bonchev–Trinajstić information content (AvgIpc) is 2.28. The molecule has 1 N–H and O–H groups in total. The lowest BCUT2D eigenvalue weighted by Gasteiger charge is -2.18. The van der Waals surface area contributed by atoms with Crippen LogP contribution in [0.4, 0.5) is 5.82 Å². The van der Waals surface area contributed by atoms with Crippen molar-refractivity contribution in [3.8, 4) is 0 Å². The lowest BCUT2D eigenvalue weighted by atomic mass is 10.2. The molecule has 1 aromatic heterocycles. The molecule has 0 aliphatic heterocycles. The molecule has 0 spiro atoms. The highest BCUT2D eigenvalue weighted by atomic mass is 32.2. The molecule has 1 heterocycles. The number of hydrogen-bond acceptors (Lipinski definition) is 4. The minimum Gasteiger partial charge on any atom is -0.373 e. The number of nitrogens with one attached hydrogen (secondary N) is 1. The maximum Gasteiger partial charge on any atom is 0.244 e. The van der Waals surface area contributed by atoms with E-state index in [2.05, 4.69) is 10.3 Å². The highest BCUT2D eigenvalue weighted by Gasteiger charge is 2.21. The third-order valence-electron chi connectivity index (χ3n) is 2.32. The van der Waals surface area contributed by atoms with Gasteiger partial charge >= 0.3 is 0 Å². The summed E-state index contributed by atoms with van der Waals surface area (Å²) in [6.07, 6.45) is 1.37. The number of nitrogens with zero attached hydrogens (tertiary/aromatic N) is 2. The monoisotopic (exact) mass is 257 g/mol. The van der Waals surface area contributed by atoms with Crippen LogP contribution in [0.3, 0.4) is 0 Å². The molecule has 0 saturated carbocycles. The van der Waals surface area contributed by atoms with Crippen molar-refractivity contribution < 1.29 is 8.42 Å². The topological polar surface area (TPSA) is 62.3 Å². The second-order valence-electron chi connectivity index (χ2n) is 4.31. The van der Waals surface area contributed by atoms with E-state index in [0.717, 1.165) is 0 Å². The highest BCUT2D eigenvalue weighted by Crippen LogP contribution is 2.15. The molecule has 0 unspecified atom stereocenters. The van der Waals surface area contributed by atoms with E-state index >= 15 is 0 Å². The number of hydrogen-bond donors (Lipinski definition) is 1. The third-order valence-corrected chi connectivity index (χ3v) is 4.13. The van der Waals surface area contributed by atoms with Gasteiger partial charge in [-0.05, 0) is 18.1 Å². The zero-order valence-corrected chi connectivity index (χ0v) is 11.5. The first-order chi connectivity index (χ1) is 7.87. The lowest BCUT2D eigenvalue weighted by molar-refractivity contribution is 0.417. The molecule has 0 aliphatic carbocycles. The summed E-state index contributed by atoms with van der Waals surface area (Å²) in [6.45, 7) is 4.46. The molecule has 1 aromatic rings. The van der Waals surface area contributed by atoms with E-state index in [1.807, 2.05) is 13.8 Å². The van der Waals surface area contributed by atoms with Crippen LogP contribution in [0.15, 0.2) is 23.2 Å². The first-order valence-corrected chi connectivity index (χ1v) is 6.92. The third kappa shape index (κ3) is 3.41. The summed E-state index contributed by atoms with van der Waals surface area (Å²) in [5.41, 5.74) is 0. The Morgan fingerprint density at radius 1 is 1.41 bits per heavy atom. The van der Waals surface area contributed by atoms with Crippen LogP contribution in [0.5, 0.6) is 0 Å². The Bertz CT molecular complexity index is 454. The van der Waals surface area contributed by atoms with E-state index in [1.165, 1.54) is 10.5 Å². The Kier molecular flexibility index (Phi) is 4.47. The molecule has 6 heteroatoms. The molecule has 0 atom stereocenters. The van der Waals surface area contributed by atoms with Crippen LogP contribution in [-0.2, 0) is 10.0 Å². The highest BCUT2D eigenvalue weighted by molar-refractivity contribution is 7.89. The first-order valence-electron chi connectivity index (χ1n) is 5.48. The fourth-order valence-electron chi connectivity index (χ4n) is 1.47. The Hall–Kier alpha value is -1.14. The predicted octanol–water partition coefficient (Wildman–Crippen LogP) is 1.40. The maximum absolute atomic E-state index is 12.1. The summed E-state index contributed by atoms with van der Waals surface area (Å²) in [5.74, 6) is 0.940. The van der Waals surface area contributed by atoms with Crippen molar-refractivity contribution in [2.45, 2.75) is 18.7 Å². The molecule has 17 heavy (non-hydrogen) atoms. The Morgan fingerprint density at radius 2 is 2.06 bits per heavy atom. The Balaban J connectivity index is 2.96. The largest absolute Gasteiger partial charge is 0.373 e. The number of anilines is 1. The van der Waals surface area contributed by atoms with Gasteiger partial charge < -0.3 is 5.32 Å². The maximum atomic E-state index is 12.1. The lowest BCUT2D eigenvalue weighted by Crippen LogP contribution is -2.30. The van der Waals surface area contributed by atoms with Gasteiger partial charge in [0.2, 0.25) is 10.0 Å². The van der Waals surface area contributed by atoms with Gasteiger partial charge in [0.05, 0.1) is 0 Å². The summed E-state index contributed by atoms with van der Waals surface area (Å²) in [5, 5.41) is 2.85. The predicted molar refractivity (Wildman–Crippen MR) is 68.4 cm³/mol. The second-order valence-corrected chi connectivity index (χ2v) is 6.35. The van der Waals surface area contributed by atoms with Crippen molar-refractivity contribution in [1.29, 1.82) is 0 Å². The van der Waals surface area contributed by atoms with Gasteiger partial charge in [-0.25, -0.2) is 17.7 Å². The molecular weight excluding hydrogens is 238 g/mol. The van der Waals surface area contributed by atoms with Gasteiger partial charge in [0, 0.05) is 26.8 Å². The smallest absolute Gasteiger partial charge is 0.244 e. The van der Waals surface area contributed by atoms with Crippen molar-refractivity contribution in [3.05, 3.63) is 18.3 Å². The number of aromatic nitrogens is 1. The molecule has 0 radical (unpaired) electrons. The molecule has 0 bridgehead atoms. The number of rotatable bonds is 5. The van der Waals surface area contributed by atoms with Crippen molar-refractivity contribution >= 4 is 15.8 Å². The standard InChI is InChI=1S/C11H19N3O2S/c1-9(2)8-14(4)17(15,16)10-5-6-11(12-3)13-7-10/h5-7,9H,8H2,1-4H3,(H,12,13). The van der Waals surface area contributed by atoms with Crippen molar-refractivity contribution in [1.82, 2.24) is 9.29 Å². The first kappa shape index (κ1) is 13.9. The van der Waals surface area contributed by atoms with E-state index in [1.54, 1.807) is 26.2 Å². The number of pyridine rings is 1. The molecule has 0 fully saturated rings. The molecule has 96 valence electrons. The summed E-state index contributed by atoms with van der Waals surface area (Å²) < 4.78 is 25.6. The molecular formula is C11H19N3O2S. The van der Waals surface area contributed by atoms with Gasteiger partial charge in [0.1, 0.15) is 10.7 Å². The minimum absolute atomic E-state index is 0.222. The molecule has 0 aromatic carbocycles. The number of sulfonamides is 1. The summed E-state index contributed by atoms with van der Waals surface area (Å²) in [4.78, 5) is 4.23. The average molecular weight is 257 g/mol. The van der Waals surface area contributed by atoms with Gasteiger partial charge in [-0.3, -0.25) is 0 Å². The normalized spacial score (nSPS) is 12.1. The molecule has 0 saturated heterocycles. The molecule has 0 amide bonds. The van der Waals surface area contributed by atoms with E-state index < -0.39 is 10.0 Å². The van der Waals surface area contributed by atoms with Crippen LogP contribution in [0.25, 0.3) is 0 Å². The van der Waals surface area contributed by atoms with Crippen LogP contribution in [0.2, 0.25) is 0 Å². The minimum atomic E-state index is -3.42. The summed E-state index contributed by atoms with van der Waals surface area (Å²) in [6, 6.07) is 3.21. The van der Waals surface area contributed by atoms with Crippen LogP contribution >= 0.6 is 0 Å². The van der Waals surface area contributed by atoms with E-state index in [-0.39, 0.29) is 4.90 Å². The Morgan fingerprint density at radius 3 is 2.47 bits per heavy atom. The van der Waals surface area contributed by atoms with Gasteiger partial charge in [0.25, 0.3) is 0 Å². The SMILES string of the molecule is CNc1ccc(S(=O)(=O)N(C)CC(C)C)cn1. The van der Waals surface area contributed by atoms with Gasteiger partial charge in [-0.15, -0.1) is 0 Å². The van der Waals surface area contributed by atoms with Crippen molar-refractivity contribution in [3.63, 3.8) is 0 Å². The van der Waals surface area contributed by atoms with E-state index in [0.29, 0.717) is 18.3 Å². The van der Waals surface area contributed by atoms with Crippen molar-refractivity contribution in [2.24, 2.45) is 5.92 Å². The second kappa shape index (κ2) is 5.46.